The highest BCUT2D eigenvalue weighted by atomic mass is 16.4. The Hall–Kier alpha value is -2.03. The Morgan fingerprint density at radius 1 is 1.26 bits per heavy atom. The molecule has 0 N–H and O–H groups in total. The van der Waals surface area contributed by atoms with Crippen LogP contribution >= 0.6 is 0 Å². The molecule has 1 aromatic heterocycles. The lowest BCUT2D eigenvalue weighted by molar-refractivity contribution is 0.532. The van der Waals surface area contributed by atoms with Crippen LogP contribution in [0.2, 0.25) is 0 Å². The molecule has 122 valence electrons. The summed E-state index contributed by atoms with van der Waals surface area (Å²) in [4.78, 5) is 14.8. The molecule has 1 aliphatic carbocycles. The Balaban J connectivity index is 2.13. The maximum Gasteiger partial charge on any atom is 0.340 e. The molecular weight excluding hydrogens is 286 g/mol. The molecule has 1 unspecified atom stereocenters. The molecule has 0 fully saturated rings. The first-order valence-electron chi connectivity index (χ1n) is 8.64. The molecule has 0 spiro atoms. The SMILES string of the molecule is CCN(CC)c1ccc2c(C)c(C3C=CCCC3)c(=O)oc2c1. The predicted octanol–water partition coefficient (Wildman–Crippen LogP) is 4.77. The number of anilines is 1. The molecule has 3 nitrogen and oxygen atoms in total. The van der Waals surface area contributed by atoms with Crippen LogP contribution in [0.15, 0.2) is 39.6 Å². The van der Waals surface area contributed by atoms with Crippen molar-refractivity contribution in [2.45, 2.75) is 46.0 Å². The van der Waals surface area contributed by atoms with Crippen molar-refractivity contribution in [3.63, 3.8) is 0 Å². The zero-order chi connectivity index (χ0) is 16.4. The minimum absolute atomic E-state index is 0.178. The Morgan fingerprint density at radius 2 is 2.04 bits per heavy atom. The molecule has 0 saturated heterocycles. The molecule has 1 atom stereocenters. The summed E-state index contributed by atoms with van der Waals surface area (Å²) >= 11 is 0. The van der Waals surface area contributed by atoms with Crippen LogP contribution in [0, 0.1) is 6.92 Å². The van der Waals surface area contributed by atoms with Gasteiger partial charge < -0.3 is 9.32 Å². The first-order chi connectivity index (χ1) is 11.2. The van der Waals surface area contributed by atoms with Crippen molar-refractivity contribution >= 4 is 16.7 Å². The smallest absolute Gasteiger partial charge is 0.340 e. The van der Waals surface area contributed by atoms with Gasteiger partial charge in [0.05, 0.1) is 0 Å². The quantitative estimate of drug-likeness (QED) is 0.602. The molecule has 0 aliphatic heterocycles. The van der Waals surface area contributed by atoms with Crippen LogP contribution in [0.25, 0.3) is 11.0 Å². The number of allylic oxidation sites excluding steroid dienone is 2. The number of hydrogen-bond acceptors (Lipinski definition) is 3. The zero-order valence-electron chi connectivity index (χ0n) is 14.3. The molecule has 1 aliphatic rings. The van der Waals surface area contributed by atoms with Gasteiger partial charge in [-0.05, 0) is 57.7 Å². The molecule has 3 rings (SSSR count). The molecule has 3 heteroatoms. The summed E-state index contributed by atoms with van der Waals surface area (Å²) in [6.07, 6.45) is 7.63. The largest absolute Gasteiger partial charge is 0.422 e. The summed E-state index contributed by atoms with van der Waals surface area (Å²) in [5.74, 6) is 0.201. The molecule has 1 aromatic carbocycles. The van der Waals surface area contributed by atoms with E-state index in [0.717, 1.165) is 54.6 Å². The molecule has 2 aromatic rings. The van der Waals surface area contributed by atoms with E-state index in [1.165, 1.54) is 0 Å². The van der Waals surface area contributed by atoms with Crippen molar-refractivity contribution in [2.75, 3.05) is 18.0 Å². The maximum absolute atomic E-state index is 12.6. The predicted molar refractivity (Wildman–Crippen MR) is 96.5 cm³/mol. The maximum atomic E-state index is 12.6. The Labute approximate surface area is 137 Å². The van der Waals surface area contributed by atoms with Crippen LogP contribution in [0.1, 0.15) is 50.2 Å². The lowest BCUT2D eigenvalue weighted by Gasteiger charge is -2.22. The van der Waals surface area contributed by atoms with Crippen molar-refractivity contribution in [3.05, 3.63) is 51.9 Å². The van der Waals surface area contributed by atoms with Crippen molar-refractivity contribution in [2.24, 2.45) is 0 Å². The summed E-state index contributed by atoms with van der Waals surface area (Å²) in [7, 11) is 0. The van der Waals surface area contributed by atoms with Gasteiger partial charge in [0, 0.05) is 41.7 Å². The Morgan fingerprint density at radius 3 is 2.70 bits per heavy atom. The lowest BCUT2D eigenvalue weighted by Crippen LogP contribution is -2.21. The summed E-state index contributed by atoms with van der Waals surface area (Å²) in [6.45, 7) is 8.20. The van der Waals surface area contributed by atoms with E-state index in [-0.39, 0.29) is 11.5 Å². The average Bonchev–Trinajstić information content (AvgIpc) is 2.57. The van der Waals surface area contributed by atoms with Gasteiger partial charge in [0.15, 0.2) is 0 Å². The second kappa shape index (κ2) is 6.61. The van der Waals surface area contributed by atoms with Crippen molar-refractivity contribution < 1.29 is 4.42 Å². The van der Waals surface area contributed by atoms with Gasteiger partial charge in [0.25, 0.3) is 0 Å². The highest BCUT2D eigenvalue weighted by Crippen LogP contribution is 2.32. The molecule has 0 amide bonds. The number of nitrogens with zero attached hydrogens (tertiary/aromatic N) is 1. The third-order valence-corrected chi connectivity index (χ3v) is 4.95. The fraction of sp³-hybridized carbons (Fsp3) is 0.450. The first-order valence-corrected chi connectivity index (χ1v) is 8.64. The van der Waals surface area contributed by atoms with Crippen LogP contribution in [0.5, 0.6) is 0 Å². The minimum atomic E-state index is -0.178. The first kappa shape index (κ1) is 15.9. The molecular formula is C20H25NO2. The highest BCUT2D eigenvalue weighted by Gasteiger charge is 2.20. The average molecular weight is 311 g/mol. The lowest BCUT2D eigenvalue weighted by atomic mass is 9.87. The van der Waals surface area contributed by atoms with Crippen molar-refractivity contribution in [1.29, 1.82) is 0 Å². The zero-order valence-corrected chi connectivity index (χ0v) is 14.3. The van der Waals surface area contributed by atoms with Crippen molar-refractivity contribution in [1.82, 2.24) is 0 Å². The van der Waals surface area contributed by atoms with Gasteiger partial charge in [0.1, 0.15) is 5.58 Å². The van der Waals surface area contributed by atoms with E-state index < -0.39 is 0 Å². The fourth-order valence-electron chi connectivity index (χ4n) is 3.63. The third-order valence-electron chi connectivity index (χ3n) is 4.95. The van der Waals surface area contributed by atoms with E-state index in [0.29, 0.717) is 5.58 Å². The normalized spacial score (nSPS) is 17.6. The van der Waals surface area contributed by atoms with Crippen molar-refractivity contribution in [3.8, 4) is 0 Å². The van der Waals surface area contributed by atoms with Gasteiger partial charge in [-0.1, -0.05) is 12.2 Å². The summed E-state index contributed by atoms with van der Waals surface area (Å²) < 4.78 is 5.69. The molecule has 0 radical (unpaired) electrons. The molecule has 1 heterocycles. The van der Waals surface area contributed by atoms with Crippen LogP contribution in [0.3, 0.4) is 0 Å². The summed E-state index contributed by atoms with van der Waals surface area (Å²) in [5, 5.41) is 1.05. The number of hydrogen-bond donors (Lipinski definition) is 0. The summed E-state index contributed by atoms with van der Waals surface area (Å²) in [5.41, 5.74) is 3.53. The Bertz CT molecular complexity index is 784. The second-order valence-corrected chi connectivity index (χ2v) is 6.25. The van der Waals surface area contributed by atoms with E-state index >= 15 is 0 Å². The molecule has 0 bridgehead atoms. The van der Waals surface area contributed by atoms with Crippen LogP contribution in [-0.4, -0.2) is 13.1 Å². The minimum Gasteiger partial charge on any atom is -0.422 e. The van der Waals surface area contributed by atoms with Crippen LogP contribution < -0.4 is 10.5 Å². The van der Waals surface area contributed by atoms with E-state index in [9.17, 15) is 4.79 Å². The van der Waals surface area contributed by atoms with E-state index in [2.05, 4.69) is 43.0 Å². The van der Waals surface area contributed by atoms with E-state index in [1.54, 1.807) is 0 Å². The number of benzene rings is 1. The van der Waals surface area contributed by atoms with Gasteiger partial charge in [-0.25, -0.2) is 4.79 Å². The highest BCUT2D eigenvalue weighted by molar-refractivity contribution is 5.84. The summed E-state index contributed by atoms with van der Waals surface area (Å²) in [6, 6.07) is 6.22. The topological polar surface area (TPSA) is 33.5 Å². The number of rotatable bonds is 4. The van der Waals surface area contributed by atoms with Crippen LogP contribution in [-0.2, 0) is 0 Å². The standard InChI is InChI=1S/C20H25NO2/c1-4-21(5-2)16-11-12-17-14(3)19(15-9-7-6-8-10-15)20(22)23-18(17)13-16/h7,9,11-13,15H,4-6,8,10H2,1-3H3. The van der Waals surface area contributed by atoms with Gasteiger partial charge >= 0.3 is 5.63 Å². The third kappa shape index (κ3) is 2.92. The number of aryl methyl sites for hydroxylation is 1. The fourth-order valence-corrected chi connectivity index (χ4v) is 3.63. The van der Waals surface area contributed by atoms with E-state index in [1.807, 2.05) is 13.0 Å². The van der Waals surface area contributed by atoms with Gasteiger partial charge in [-0.2, -0.15) is 0 Å². The number of fused-ring (bicyclic) bond motifs is 1. The van der Waals surface area contributed by atoms with Crippen LogP contribution in [0.4, 0.5) is 5.69 Å². The van der Waals surface area contributed by atoms with E-state index in [4.69, 9.17) is 4.42 Å². The monoisotopic (exact) mass is 311 g/mol. The Kier molecular flexibility index (Phi) is 4.56. The van der Waals surface area contributed by atoms with Gasteiger partial charge in [-0.15, -0.1) is 0 Å². The second-order valence-electron chi connectivity index (χ2n) is 6.25. The molecule has 23 heavy (non-hydrogen) atoms. The molecule has 0 saturated carbocycles. The van der Waals surface area contributed by atoms with Gasteiger partial charge in [-0.3, -0.25) is 0 Å². The van der Waals surface area contributed by atoms with Gasteiger partial charge in [0.2, 0.25) is 0 Å².